The minimum absolute atomic E-state index is 0.00389. The highest BCUT2D eigenvalue weighted by Gasteiger charge is 2.21. The minimum atomic E-state index is -4.74. The highest BCUT2D eigenvalue weighted by molar-refractivity contribution is 7.95. The van der Waals surface area contributed by atoms with Crippen molar-refractivity contribution >= 4 is 105 Å². The third kappa shape index (κ3) is 7.68. The van der Waals surface area contributed by atoms with E-state index in [0.717, 1.165) is 36.3 Å². The number of aromatic hydroxyl groups is 1. The number of nitrogens with zero attached hydrogens (tertiary/aromatic N) is 4. The van der Waals surface area contributed by atoms with Crippen molar-refractivity contribution in [1.82, 2.24) is 0 Å². The number of anilines is 1. The molecule has 0 heterocycles. The van der Waals surface area contributed by atoms with Gasteiger partial charge in [0.1, 0.15) is 10.6 Å². The number of rotatable bonds is 12. The standard InChI is InChI=1S/C30H21N5O13S4/c31-22-14-20-15(12-28(22)52(42,43)44)11-27(50-48-46-38)29(30(20)36)35-34-25-10-9-24(18-8-7-16(13-21(18)25)51(39,40)41)33-32-23-5-1-4-19-17(23)3-2-6-26(19)49-47-45-37/h1-14,36-38H,31H2,(H,39,40,41)(H,42,43,44). The van der Waals surface area contributed by atoms with Crippen molar-refractivity contribution in [3.63, 3.8) is 0 Å². The molecule has 0 radical (unpaired) electrons. The van der Waals surface area contributed by atoms with Gasteiger partial charge in [-0.25, -0.2) is 10.5 Å². The lowest BCUT2D eigenvalue weighted by molar-refractivity contribution is -0.432. The molecule has 52 heavy (non-hydrogen) atoms. The molecule has 268 valence electrons. The summed E-state index contributed by atoms with van der Waals surface area (Å²) in [5, 5.41) is 54.9. The van der Waals surface area contributed by atoms with Crippen LogP contribution in [0.25, 0.3) is 32.3 Å². The van der Waals surface area contributed by atoms with Crippen LogP contribution in [-0.2, 0) is 39.0 Å². The van der Waals surface area contributed by atoms with Gasteiger partial charge in [-0.05, 0) is 65.4 Å². The zero-order valence-corrected chi connectivity index (χ0v) is 28.9. The molecule has 0 aliphatic heterocycles. The van der Waals surface area contributed by atoms with Crippen molar-refractivity contribution in [2.45, 2.75) is 19.6 Å². The molecule has 0 spiro atoms. The molecule has 6 aromatic rings. The number of benzene rings is 6. The van der Waals surface area contributed by atoms with Crippen molar-refractivity contribution in [1.29, 1.82) is 0 Å². The van der Waals surface area contributed by atoms with E-state index < -0.39 is 35.8 Å². The Morgan fingerprint density at radius 2 is 1.19 bits per heavy atom. The van der Waals surface area contributed by atoms with Gasteiger partial charge in [-0.2, -0.15) is 16.8 Å². The molecule has 7 N–H and O–H groups in total. The van der Waals surface area contributed by atoms with Gasteiger partial charge in [0.25, 0.3) is 20.2 Å². The Labute approximate surface area is 300 Å². The number of nitrogens with two attached hydrogens (primary N) is 1. The maximum Gasteiger partial charge on any atom is 0.296 e. The van der Waals surface area contributed by atoms with Crippen LogP contribution >= 0.6 is 24.1 Å². The van der Waals surface area contributed by atoms with Gasteiger partial charge >= 0.3 is 0 Å². The second-order valence-corrected chi connectivity index (χ2v) is 14.7. The fourth-order valence-electron chi connectivity index (χ4n) is 5.14. The van der Waals surface area contributed by atoms with Gasteiger partial charge in [-0.3, -0.25) is 9.11 Å². The largest absolute Gasteiger partial charge is 0.505 e. The van der Waals surface area contributed by atoms with Crippen LogP contribution in [0.1, 0.15) is 0 Å². The molecule has 6 rings (SSSR count). The SMILES string of the molecule is Nc1cc2c(O)c(N=Nc3ccc(N=Nc4cccc5c(SOOO)cccc45)c4ccc(S(=O)(=O)O)cc34)c(SOOO)cc2cc1S(=O)(=O)O. The molecular weight excluding hydrogens is 767 g/mol. The van der Waals surface area contributed by atoms with Gasteiger partial charge in [0.2, 0.25) is 0 Å². The monoisotopic (exact) mass is 787 g/mol. The van der Waals surface area contributed by atoms with Gasteiger partial charge < -0.3 is 10.8 Å². The van der Waals surface area contributed by atoms with Gasteiger partial charge in [0.05, 0.1) is 56.6 Å². The molecule has 0 bridgehead atoms. The Bertz CT molecular complexity index is 2660. The van der Waals surface area contributed by atoms with Gasteiger partial charge in [-0.1, -0.05) is 40.4 Å². The van der Waals surface area contributed by atoms with E-state index >= 15 is 0 Å². The van der Waals surface area contributed by atoms with Crippen LogP contribution in [0.3, 0.4) is 0 Å². The maximum atomic E-state index is 12.1. The number of hydrogen-bond acceptors (Lipinski definition) is 18. The van der Waals surface area contributed by atoms with Gasteiger partial charge in [0, 0.05) is 26.4 Å². The molecule has 6 aromatic carbocycles. The summed E-state index contributed by atoms with van der Waals surface area (Å²) in [7, 11) is -9.42. The first kappa shape index (κ1) is 37.0. The number of phenols is 1. The van der Waals surface area contributed by atoms with Crippen LogP contribution in [-0.4, -0.2) is 41.6 Å². The molecular formula is C30H21N5O13S4. The van der Waals surface area contributed by atoms with Crippen molar-refractivity contribution in [2.75, 3.05) is 5.73 Å². The van der Waals surface area contributed by atoms with Crippen molar-refractivity contribution < 1.29 is 60.3 Å². The summed E-state index contributed by atoms with van der Waals surface area (Å²) in [5.74, 6) is -0.570. The summed E-state index contributed by atoms with van der Waals surface area (Å²) >= 11 is 1.14. The average molecular weight is 788 g/mol. The lowest BCUT2D eigenvalue weighted by Crippen LogP contribution is -2.03. The van der Waals surface area contributed by atoms with Crippen molar-refractivity contribution in [2.24, 2.45) is 20.5 Å². The Balaban J connectivity index is 1.47. The van der Waals surface area contributed by atoms with Crippen LogP contribution in [0.4, 0.5) is 28.4 Å². The molecule has 0 aliphatic rings. The number of azo groups is 2. The molecule has 0 atom stereocenters. The molecule has 18 nitrogen and oxygen atoms in total. The summed E-state index contributed by atoms with van der Waals surface area (Å²) < 4.78 is 76.2. The normalized spacial score (nSPS) is 12.6. The molecule has 0 amide bonds. The fourth-order valence-corrected chi connectivity index (χ4v) is 7.29. The van der Waals surface area contributed by atoms with E-state index in [9.17, 15) is 31.0 Å². The Hall–Kier alpha value is -4.82. The Morgan fingerprint density at radius 3 is 1.87 bits per heavy atom. The summed E-state index contributed by atoms with van der Waals surface area (Å²) in [6, 6.07) is 20.5. The highest BCUT2D eigenvalue weighted by Crippen LogP contribution is 2.46. The second kappa shape index (κ2) is 15.0. The predicted octanol–water partition coefficient (Wildman–Crippen LogP) is 8.61. The summed E-state index contributed by atoms with van der Waals surface area (Å²) in [4.78, 5) is -0.548. The molecule has 0 unspecified atom stereocenters. The van der Waals surface area contributed by atoms with Crippen molar-refractivity contribution in [3.05, 3.63) is 84.9 Å². The second-order valence-electron chi connectivity index (χ2n) is 10.4. The van der Waals surface area contributed by atoms with Crippen LogP contribution < -0.4 is 5.73 Å². The van der Waals surface area contributed by atoms with Crippen LogP contribution in [0.5, 0.6) is 5.75 Å². The third-order valence-electron chi connectivity index (χ3n) is 7.39. The summed E-state index contributed by atoms with van der Waals surface area (Å²) in [6.45, 7) is 0. The van der Waals surface area contributed by atoms with Crippen LogP contribution in [0, 0.1) is 0 Å². The molecule has 22 heteroatoms. The van der Waals surface area contributed by atoms with Gasteiger partial charge in [0.15, 0.2) is 5.75 Å². The molecule has 0 saturated heterocycles. The molecule has 0 saturated carbocycles. The van der Waals surface area contributed by atoms with E-state index in [-0.39, 0.29) is 43.8 Å². The molecule has 0 fully saturated rings. The third-order valence-corrected chi connectivity index (χ3v) is 10.4. The highest BCUT2D eigenvalue weighted by atomic mass is 32.2. The van der Waals surface area contributed by atoms with E-state index in [2.05, 4.69) is 39.2 Å². The van der Waals surface area contributed by atoms with Crippen molar-refractivity contribution in [3.8, 4) is 5.75 Å². The van der Waals surface area contributed by atoms with Gasteiger partial charge in [-0.15, -0.1) is 29.1 Å². The fraction of sp³-hybridized carbons (Fsp3) is 0. The number of hydrogen-bond donors (Lipinski definition) is 6. The number of nitrogen functional groups attached to an aromatic ring is 1. The Kier molecular flexibility index (Phi) is 10.7. The van der Waals surface area contributed by atoms with Crippen LogP contribution in [0.15, 0.2) is 125 Å². The maximum absolute atomic E-state index is 12.1. The molecule has 0 aromatic heterocycles. The van der Waals surface area contributed by atoms with E-state index in [1.807, 2.05) is 0 Å². The smallest absolute Gasteiger partial charge is 0.296 e. The summed E-state index contributed by atoms with van der Waals surface area (Å²) in [5.41, 5.74) is 5.91. The lowest BCUT2D eigenvalue weighted by Gasteiger charge is -2.12. The number of phenolic OH excluding ortho intramolecular Hbond substituents is 1. The first-order valence-corrected chi connectivity index (χ1v) is 18.4. The summed E-state index contributed by atoms with van der Waals surface area (Å²) in [6.07, 6.45) is 0. The minimum Gasteiger partial charge on any atom is -0.505 e. The predicted molar refractivity (Wildman–Crippen MR) is 187 cm³/mol. The topological polar surface area (TPSA) is 282 Å². The first-order valence-electron chi connectivity index (χ1n) is 14.1. The van der Waals surface area contributed by atoms with E-state index in [1.54, 1.807) is 36.4 Å². The van der Waals surface area contributed by atoms with E-state index in [1.165, 1.54) is 24.3 Å². The quantitative estimate of drug-likeness (QED) is 0.0169. The number of fused-ring (bicyclic) bond motifs is 3. The zero-order valence-electron chi connectivity index (χ0n) is 25.6. The molecule has 0 aliphatic carbocycles. The average Bonchev–Trinajstić information content (AvgIpc) is 3.11. The lowest BCUT2D eigenvalue weighted by atomic mass is 10.1. The van der Waals surface area contributed by atoms with Crippen LogP contribution in [0.2, 0.25) is 0 Å². The zero-order chi connectivity index (χ0) is 37.2. The van der Waals surface area contributed by atoms with E-state index in [4.69, 9.17) is 16.2 Å². The first-order chi connectivity index (χ1) is 24.8. The van der Waals surface area contributed by atoms with E-state index in [0.29, 0.717) is 38.8 Å². The Morgan fingerprint density at radius 1 is 0.596 bits per heavy atom.